The van der Waals surface area contributed by atoms with Crippen molar-refractivity contribution >= 4 is 0 Å². The Kier molecular flexibility index (Phi) is 5.76. The summed E-state index contributed by atoms with van der Waals surface area (Å²) < 4.78 is 7.70. The topological polar surface area (TPSA) is 14.2 Å². The van der Waals surface area contributed by atoms with Crippen molar-refractivity contribution < 1.29 is 4.74 Å². The molecule has 2 nitrogen and oxygen atoms in total. The first-order valence-electron chi connectivity index (χ1n) is 10.5. The molecule has 2 heteroatoms. The van der Waals surface area contributed by atoms with Crippen LogP contribution in [0.2, 0.25) is 0 Å². The van der Waals surface area contributed by atoms with Gasteiger partial charge in [0.1, 0.15) is 5.75 Å². The van der Waals surface area contributed by atoms with E-state index in [9.17, 15) is 0 Å². The molecule has 0 unspecified atom stereocenters. The lowest BCUT2D eigenvalue weighted by Crippen LogP contribution is -1.93. The predicted octanol–water partition coefficient (Wildman–Crippen LogP) is 7.08. The molecule has 0 saturated carbocycles. The van der Waals surface area contributed by atoms with Crippen LogP contribution >= 0.6 is 0 Å². The Balaban J connectivity index is 1.84. The lowest BCUT2D eigenvalue weighted by Gasteiger charge is -2.12. The number of nitrogens with zero attached hydrogens (tertiary/aromatic N) is 1. The summed E-state index contributed by atoms with van der Waals surface area (Å²) in [6, 6.07) is 28.1. The highest BCUT2D eigenvalue weighted by molar-refractivity contribution is 5.84. The Morgan fingerprint density at radius 1 is 0.833 bits per heavy atom. The van der Waals surface area contributed by atoms with Crippen molar-refractivity contribution in [2.75, 3.05) is 7.11 Å². The van der Waals surface area contributed by atoms with Gasteiger partial charge in [0.2, 0.25) is 0 Å². The largest absolute Gasteiger partial charge is 0.497 e. The van der Waals surface area contributed by atoms with Crippen LogP contribution in [0.25, 0.3) is 22.4 Å². The van der Waals surface area contributed by atoms with Crippen molar-refractivity contribution in [3.63, 3.8) is 0 Å². The zero-order valence-corrected chi connectivity index (χ0v) is 18.2. The Bertz CT molecular complexity index is 1120. The van der Waals surface area contributed by atoms with Gasteiger partial charge in [-0.2, -0.15) is 0 Å². The summed E-state index contributed by atoms with van der Waals surface area (Å²) in [4.78, 5) is 0. The zero-order valence-electron chi connectivity index (χ0n) is 18.2. The van der Waals surface area contributed by atoms with Gasteiger partial charge in [-0.15, -0.1) is 0 Å². The van der Waals surface area contributed by atoms with Crippen molar-refractivity contribution in [2.45, 2.75) is 26.2 Å². The molecular formula is C28H29NO. The van der Waals surface area contributed by atoms with E-state index in [-0.39, 0.29) is 0 Å². The number of aryl methyl sites for hydroxylation is 1. The van der Waals surface area contributed by atoms with Crippen LogP contribution in [0.5, 0.6) is 5.75 Å². The molecule has 0 radical (unpaired) electrons. The van der Waals surface area contributed by atoms with E-state index in [1.165, 1.54) is 39.1 Å². The second-order valence-corrected chi connectivity index (χ2v) is 8.16. The van der Waals surface area contributed by atoms with Crippen molar-refractivity contribution in [3.8, 4) is 28.1 Å². The Morgan fingerprint density at radius 2 is 1.57 bits per heavy atom. The summed E-state index contributed by atoms with van der Waals surface area (Å²) in [5, 5.41) is 0. The third-order valence-corrected chi connectivity index (χ3v) is 5.70. The molecule has 0 atom stereocenters. The van der Waals surface area contributed by atoms with Crippen LogP contribution in [-0.4, -0.2) is 11.7 Å². The van der Waals surface area contributed by atoms with Crippen LogP contribution in [0, 0.1) is 0 Å². The van der Waals surface area contributed by atoms with Crippen molar-refractivity contribution in [2.24, 2.45) is 7.05 Å². The summed E-state index contributed by atoms with van der Waals surface area (Å²) in [6.07, 6.45) is 3.13. The van der Waals surface area contributed by atoms with Crippen molar-refractivity contribution in [1.29, 1.82) is 0 Å². The molecule has 30 heavy (non-hydrogen) atoms. The summed E-state index contributed by atoms with van der Waals surface area (Å²) >= 11 is 0. The number of rotatable bonds is 6. The summed E-state index contributed by atoms with van der Waals surface area (Å²) in [5.41, 5.74) is 8.99. The minimum Gasteiger partial charge on any atom is -0.497 e. The summed E-state index contributed by atoms with van der Waals surface area (Å²) in [6.45, 7) is 4.47. The minimum atomic E-state index is 0.532. The number of hydrogen-bond donors (Lipinski definition) is 0. The first-order valence-corrected chi connectivity index (χ1v) is 10.5. The number of methoxy groups -OCH3 is 1. The fourth-order valence-electron chi connectivity index (χ4n) is 4.13. The Labute approximate surface area is 179 Å². The number of aromatic nitrogens is 1. The monoisotopic (exact) mass is 395 g/mol. The van der Waals surface area contributed by atoms with E-state index in [4.69, 9.17) is 4.74 Å². The standard InChI is InChI=1S/C28H29NO/c1-20(2)22-13-15-24(16-14-22)28-27(23-10-6-5-7-11-23)25(19-29(28)3)17-21-9-8-12-26(18-21)30-4/h5-16,18-20H,17H2,1-4H3. The van der Waals surface area contributed by atoms with E-state index in [0.717, 1.165) is 12.2 Å². The van der Waals surface area contributed by atoms with E-state index < -0.39 is 0 Å². The molecular weight excluding hydrogens is 366 g/mol. The predicted molar refractivity (Wildman–Crippen MR) is 126 cm³/mol. The summed E-state index contributed by atoms with van der Waals surface area (Å²) in [7, 11) is 3.86. The molecule has 0 N–H and O–H groups in total. The van der Waals surface area contributed by atoms with Crippen LogP contribution in [0.15, 0.2) is 85.1 Å². The van der Waals surface area contributed by atoms with E-state index in [1.54, 1.807) is 7.11 Å². The molecule has 4 aromatic rings. The second kappa shape index (κ2) is 8.62. The molecule has 0 aliphatic heterocycles. The molecule has 0 bridgehead atoms. The third-order valence-electron chi connectivity index (χ3n) is 5.70. The maximum absolute atomic E-state index is 5.43. The third kappa shape index (κ3) is 4.04. The highest BCUT2D eigenvalue weighted by Gasteiger charge is 2.18. The fourth-order valence-corrected chi connectivity index (χ4v) is 4.13. The maximum Gasteiger partial charge on any atom is 0.119 e. The molecule has 152 valence electrons. The molecule has 0 spiro atoms. The van der Waals surface area contributed by atoms with Gasteiger partial charge >= 0.3 is 0 Å². The van der Waals surface area contributed by atoms with E-state index in [1.807, 2.05) is 6.07 Å². The lowest BCUT2D eigenvalue weighted by molar-refractivity contribution is 0.414. The maximum atomic E-state index is 5.43. The molecule has 3 aromatic carbocycles. The molecule has 4 rings (SSSR count). The van der Waals surface area contributed by atoms with Gasteiger partial charge in [0, 0.05) is 18.8 Å². The lowest BCUT2D eigenvalue weighted by atomic mass is 9.93. The average Bonchev–Trinajstić information content (AvgIpc) is 3.10. The van der Waals surface area contributed by atoms with E-state index in [0.29, 0.717) is 5.92 Å². The van der Waals surface area contributed by atoms with Gasteiger partial charge in [-0.25, -0.2) is 0 Å². The molecule has 0 fully saturated rings. The molecule has 0 aliphatic carbocycles. The number of hydrogen-bond acceptors (Lipinski definition) is 1. The normalized spacial score (nSPS) is 11.1. The number of benzene rings is 3. The Morgan fingerprint density at radius 3 is 2.23 bits per heavy atom. The average molecular weight is 396 g/mol. The van der Waals surface area contributed by atoms with Crippen LogP contribution in [0.4, 0.5) is 0 Å². The van der Waals surface area contributed by atoms with Crippen LogP contribution in [0.1, 0.15) is 36.5 Å². The Hall–Kier alpha value is -3.26. The minimum absolute atomic E-state index is 0.532. The smallest absolute Gasteiger partial charge is 0.119 e. The highest BCUT2D eigenvalue weighted by Crippen LogP contribution is 2.38. The van der Waals surface area contributed by atoms with Gasteiger partial charge in [-0.1, -0.05) is 80.6 Å². The van der Waals surface area contributed by atoms with E-state index >= 15 is 0 Å². The molecule has 0 aliphatic rings. The van der Waals surface area contributed by atoms with Gasteiger partial charge in [0.15, 0.2) is 0 Å². The quantitative estimate of drug-likeness (QED) is 0.340. The van der Waals surface area contributed by atoms with Crippen molar-refractivity contribution in [3.05, 3.63) is 102 Å². The van der Waals surface area contributed by atoms with Crippen molar-refractivity contribution in [1.82, 2.24) is 4.57 Å². The zero-order chi connectivity index (χ0) is 21.1. The molecule has 1 aromatic heterocycles. The first-order chi connectivity index (χ1) is 14.6. The molecule has 0 saturated heterocycles. The van der Waals surface area contributed by atoms with Gasteiger partial charge in [0.05, 0.1) is 12.8 Å². The van der Waals surface area contributed by atoms with Crippen LogP contribution in [0.3, 0.4) is 0 Å². The van der Waals surface area contributed by atoms with Gasteiger partial charge in [-0.3, -0.25) is 0 Å². The number of ether oxygens (including phenoxy) is 1. The first kappa shape index (κ1) is 20.0. The molecule has 0 amide bonds. The van der Waals surface area contributed by atoms with Crippen LogP contribution < -0.4 is 4.74 Å². The van der Waals surface area contributed by atoms with Gasteiger partial charge in [-0.05, 0) is 52.3 Å². The molecule has 1 heterocycles. The summed E-state index contributed by atoms with van der Waals surface area (Å²) in [5.74, 6) is 1.43. The SMILES string of the molecule is COc1cccc(Cc2cn(C)c(-c3ccc(C(C)C)cc3)c2-c2ccccc2)c1. The van der Waals surface area contributed by atoms with Gasteiger partial charge in [0.25, 0.3) is 0 Å². The van der Waals surface area contributed by atoms with Crippen LogP contribution in [-0.2, 0) is 13.5 Å². The highest BCUT2D eigenvalue weighted by atomic mass is 16.5. The second-order valence-electron chi connectivity index (χ2n) is 8.16. The fraction of sp³-hybridized carbons (Fsp3) is 0.214. The van der Waals surface area contributed by atoms with Gasteiger partial charge < -0.3 is 9.30 Å². The van der Waals surface area contributed by atoms with E-state index in [2.05, 4.69) is 104 Å².